The second-order valence-corrected chi connectivity index (χ2v) is 12.5. The number of carbonyl (C=O) groups is 1. The Kier molecular flexibility index (Phi) is 9.13. The normalized spacial score (nSPS) is 18.1. The van der Waals surface area contributed by atoms with Gasteiger partial charge in [0.15, 0.2) is 11.5 Å². The maximum absolute atomic E-state index is 14.0. The summed E-state index contributed by atoms with van der Waals surface area (Å²) in [6.07, 6.45) is 1.26. The van der Waals surface area contributed by atoms with Crippen molar-refractivity contribution in [3.8, 4) is 17.2 Å². The Morgan fingerprint density at radius 3 is 2.20 bits per heavy atom. The average molecular weight is 623 g/mol. The average Bonchev–Trinajstić information content (AvgIpc) is 2.96. The molecule has 0 bridgehead atoms. The number of halogens is 2. The van der Waals surface area contributed by atoms with Crippen molar-refractivity contribution in [3.05, 3.63) is 80.8 Å². The van der Waals surface area contributed by atoms with Crippen LogP contribution < -0.4 is 14.2 Å². The van der Waals surface area contributed by atoms with E-state index in [1.165, 1.54) is 27.4 Å². The number of nitrogens with zero attached hydrogens (tertiary/aromatic N) is 1. The smallest absolute Gasteiger partial charge is 0.294 e. The van der Waals surface area contributed by atoms with Gasteiger partial charge in [0.05, 0.1) is 36.3 Å². The van der Waals surface area contributed by atoms with Crippen LogP contribution in [0.15, 0.2) is 53.4 Å². The first-order chi connectivity index (χ1) is 19.4. The summed E-state index contributed by atoms with van der Waals surface area (Å²) in [5.41, 5.74) is 1.69. The van der Waals surface area contributed by atoms with Gasteiger partial charge in [0.2, 0.25) is 5.75 Å². The number of ether oxygens (including phenoxy) is 3. The maximum Gasteiger partial charge on any atom is 0.294 e. The minimum Gasteiger partial charge on any atom is -0.493 e. The molecule has 2 unspecified atom stereocenters. The van der Waals surface area contributed by atoms with E-state index in [0.29, 0.717) is 57.8 Å². The quantitative estimate of drug-likeness (QED) is 0.284. The molecule has 41 heavy (non-hydrogen) atoms. The number of piperidine rings is 1. The Labute approximate surface area is 250 Å². The van der Waals surface area contributed by atoms with Crippen molar-refractivity contribution in [2.45, 2.75) is 42.9 Å². The first kappa shape index (κ1) is 31.0. The van der Waals surface area contributed by atoms with Gasteiger partial charge in [-0.2, -0.15) is 8.42 Å². The number of carbonyl (C=O) groups excluding carboxylic acids is 1. The molecule has 3 aromatic carbocycles. The van der Waals surface area contributed by atoms with Crippen LogP contribution in [0, 0.1) is 6.92 Å². The number of benzene rings is 3. The summed E-state index contributed by atoms with van der Waals surface area (Å²) in [7, 11) is -0.0599. The molecule has 1 aliphatic heterocycles. The highest BCUT2D eigenvalue weighted by Crippen LogP contribution is 2.48. The highest BCUT2D eigenvalue weighted by atomic mass is 35.5. The van der Waals surface area contributed by atoms with E-state index in [1.54, 1.807) is 41.3 Å². The number of rotatable bonds is 8. The molecule has 1 aliphatic rings. The van der Waals surface area contributed by atoms with Crippen LogP contribution in [-0.4, -0.2) is 58.2 Å². The first-order valence-electron chi connectivity index (χ1n) is 13.0. The molecule has 0 radical (unpaired) electrons. The van der Waals surface area contributed by atoms with Crippen LogP contribution in [0.4, 0.5) is 0 Å². The predicted octanol–water partition coefficient (Wildman–Crippen LogP) is 6.55. The zero-order valence-electron chi connectivity index (χ0n) is 23.5. The lowest BCUT2D eigenvalue weighted by molar-refractivity contribution is 0.0608. The Morgan fingerprint density at radius 1 is 0.976 bits per heavy atom. The highest BCUT2D eigenvalue weighted by molar-refractivity contribution is 7.85. The summed E-state index contributed by atoms with van der Waals surface area (Å²) in [5.74, 6) is 0.385. The number of likely N-dealkylation sites (tertiary alicyclic amines) is 1. The highest BCUT2D eigenvalue weighted by Gasteiger charge is 2.45. The van der Waals surface area contributed by atoms with Gasteiger partial charge in [-0.1, -0.05) is 53.9 Å². The van der Waals surface area contributed by atoms with Crippen molar-refractivity contribution in [3.63, 3.8) is 0 Å². The van der Waals surface area contributed by atoms with Crippen molar-refractivity contribution in [1.82, 2.24) is 4.90 Å². The van der Waals surface area contributed by atoms with Gasteiger partial charge in [-0.05, 0) is 67.1 Å². The zero-order chi connectivity index (χ0) is 30.1. The number of hydrogen-bond acceptors (Lipinski definition) is 6. The molecule has 0 aliphatic carbocycles. The van der Waals surface area contributed by atoms with Gasteiger partial charge in [0, 0.05) is 24.1 Å². The molecule has 1 fully saturated rings. The molecule has 3 aromatic rings. The molecule has 2 atom stereocenters. The van der Waals surface area contributed by atoms with Gasteiger partial charge in [0.1, 0.15) is 0 Å². The predicted molar refractivity (Wildman–Crippen MR) is 159 cm³/mol. The van der Waals surface area contributed by atoms with Crippen molar-refractivity contribution >= 4 is 39.2 Å². The summed E-state index contributed by atoms with van der Waals surface area (Å²) in [4.78, 5) is 15.6. The van der Waals surface area contributed by atoms with E-state index in [4.69, 9.17) is 37.4 Å². The summed E-state index contributed by atoms with van der Waals surface area (Å²) in [6, 6.07) is 13.4. The van der Waals surface area contributed by atoms with E-state index in [0.717, 1.165) is 11.1 Å². The van der Waals surface area contributed by atoms with Crippen LogP contribution >= 0.6 is 23.2 Å². The van der Waals surface area contributed by atoms with Crippen molar-refractivity contribution in [1.29, 1.82) is 0 Å². The number of amides is 1. The van der Waals surface area contributed by atoms with Crippen LogP contribution in [0.5, 0.6) is 17.2 Å². The SMILES string of the molecule is COc1cc(C(=O)N2CCCC(c3ccc(Cl)c(Cl)c3)(C(C)c3cc(C)ccc3S(=O)(=O)O)C2)cc(OC)c1OC. The molecular weight excluding hydrogens is 589 g/mol. The third kappa shape index (κ3) is 6.00. The second-order valence-electron chi connectivity index (χ2n) is 10.3. The lowest BCUT2D eigenvalue weighted by Gasteiger charge is -2.47. The largest absolute Gasteiger partial charge is 0.493 e. The summed E-state index contributed by atoms with van der Waals surface area (Å²) < 4.78 is 51.3. The summed E-state index contributed by atoms with van der Waals surface area (Å²) >= 11 is 12.7. The molecule has 1 N–H and O–H groups in total. The Bertz CT molecular complexity index is 1550. The molecule has 8 nitrogen and oxygen atoms in total. The van der Waals surface area contributed by atoms with Crippen LogP contribution in [0.2, 0.25) is 10.0 Å². The first-order valence-corrected chi connectivity index (χ1v) is 15.2. The van der Waals surface area contributed by atoms with Crippen LogP contribution in [0.1, 0.15) is 52.7 Å². The fourth-order valence-corrected chi connectivity index (χ4v) is 6.90. The van der Waals surface area contributed by atoms with Crippen molar-refractivity contribution in [2.24, 2.45) is 0 Å². The van der Waals surface area contributed by atoms with Crippen molar-refractivity contribution in [2.75, 3.05) is 34.4 Å². The maximum atomic E-state index is 14.0. The fourth-order valence-electron chi connectivity index (χ4n) is 5.83. The molecule has 11 heteroatoms. The Balaban J connectivity index is 1.87. The van der Waals surface area contributed by atoms with E-state index < -0.39 is 21.5 Å². The number of methoxy groups -OCH3 is 3. The van der Waals surface area contributed by atoms with Gasteiger partial charge in [-0.15, -0.1) is 0 Å². The lowest BCUT2D eigenvalue weighted by atomic mass is 9.64. The standard InChI is InChI=1S/C30H33Cl2NO7S/c1-18-7-10-27(41(35,36)37)22(13-18)19(2)30(21-8-9-23(31)24(32)16-21)11-6-12-33(17-30)29(34)20-14-25(38-3)28(40-5)26(15-20)39-4/h7-10,13-16,19H,6,11-12,17H2,1-5H3,(H,35,36,37). The second kappa shape index (κ2) is 12.1. The third-order valence-corrected chi connectivity index (χ3v) is 9.62. The zero-order valence-corrected chi connectivity index (χ0v) is 25.9. The molecule has 1 amide bonds. The Morgan fingerprint density at radius 2 is 1.63 bits per heavy atom. The Hall–Kier alpha value is -2.98. The van der Waals surface area contributed by atoms with Gasteiger partial charge in [-0.3, -0.25) is 9.35 Å². The topological polar surface area (TPSA) is 102 Å². The van der Waals surface area contributed by atoms with Gasteiger partial charge >= 0.3 is 0 Å². The number of hydrogen-bond donors (Lipinski definition) is 1. The third-order valence-electron chi connectivity index (χ3n) is 7.96. The van der Waals surface area contributed by atoms with E-state index in [9.17, 15) is 17.8 Å². The minimum absolute atomic E-state index is 0.164. The van der Waals surface area contributed by atoms with E-state index in [-0.39, 0.29) is 17.3 Å². The molecule has 0 aromatic heterocycles. The summed E-state index contributed by atoms with van der Waals surface area (Å²) in [5, 5.41) is 0.733. The molecule has 0 spiro atoms. The van der Waals surface area contributed by atoms with Crippen LogP contribution in [0.25, 0.3) is 0 Å². The number of aryl methyl sites for hydroxylation is 1. The summed E-state index contributed by atoms with van der Waals surface area (Å²) in [6.45, 7) is 4.50. The van der Waals surface area contributed by atoms with Gasteiger partial charge in [-0.25, -0.2) is 0 Å². The molecule has 1 heterocycles. The van der Waals surface area contributed by atoms with Gasteiger partial charge in [0.25, 0.3) is 16.0 Å². The molecule has 1 saturated heterocycles. The van der Waals surface area contributed by atoms with E-state index in [2.05, 4.69) is 0 Å². The minimum atomic E-state index is -4.52. The van der Waals surface area contributed by atoms with E-state index in [1.807, 2.05) is 19.9 Å². The molecule has 220 valence electrons. The molecular formula is C30H33Cl2NO7S. The monoisotopic (exact) mass is 621 g/mol. The van der Waals surface area contributed by atoms with Crippen LogP contribution in [0.3, 0.4) is 0 Å². The van der Waals surface area contributed by atoms with Crippen LogP contribution in [-0.2, 0) is 15.5 Å². The molecule has 0 saturated carbocycles. The van der Waals surface area contributed by atoms with E-state index >= 15 is 0 Å². The van der Waals surface area contributed by atoms with Gasteiger partial charge < -0.3 is 19.1 Å². The molecule has 4 rings (SSSR count). The van der Waals surface area contributed by atoms with Crippen molar-refractivity contribution < 1.29 is 32.0 Å². The fraction of sp³-hybridized carbons (Fsp3) is 0.367. The lowest BCUT2D eigenvalue weighted by Crippen LogP contribution is -2.51.